The maximum atomic E-state index is 12.8. The van der Waals surface area contributed by atoms with E-state index in [0.717, 1.165) is 19.3 Å². The standard InChI is InChI=1S/C17H21N3O6S/c21-15(22)8-5-10-3-1-2-4-13(10)20-27(25,26)11-6-7-14-12(9-11)16(23)19-17(24)18-14/h6-7,9-10,13,20H,1-5,8H2,(H,21,22)(H2,18,19,23,24). The summed E-state index contributed by atoms with van der Waals surface area (Å²) in [5.74, 6) is -0.935. The molecule has 1 heterocycles. The van der Waals surface area contributed by atoms with Gasteiger partial charge in [-0.3, -0.25) is 14.6 Å². The Morgan fingerprint density at radius 1 is 1.19 bits per heavy atom. The van der Waals surface area contributed by atoms with Crippen LogP contribution in [0.15, 0.2) is 32.7 Å². The van der Waals surface area contributed by atoms with Crippen molar-refractivity contribution < 1.29 is 18.3 Å². The van der Waals surface area contributed by atoms with Crippen LogP contribution in [0.3, 0.4) is 0 Å². The molecule has 27 heavy (non-hydrogen) atoms. The molecule has 1 aliphatic rings. The highest BCUT2D eigenvalue weighted by Crippen LogP contribution is 2.29. The number of carboxylic acid groups (broad SMARTS) is 1. The van der Waals surface area contributed by atoms with E-state index in [2.05, 4.69) is 14.7 Å². The number of H-pyrrole nitrogens is 2. The Balaban J connectivity index is 1.87. The number of nitrogens with one attached hydrogen (secondary N) is 3. The lowest BCUT2D eigenvalue weighted by molar-refractivity contribution is -0.137. The third kappa shape index (κ3) is 4.45. The quantitative estimate of drug-likeness (QED) is 0.571. The van der Waals surface area contributed by atoms with Crippen LogP contribution in [0.4, 0.5) is 0 Å². The van der Waals surface area contributed by atoms with Gasteiger partial charge in [0.25, 0.3) is 5.56 Å². The molecule has 1 aromatic heterocycles. The fraction of sp³-hybridized carbons (Fsp3) is 0.471. The van der Waals surface area contributed by atoms with Crippen LogP contribution in [0.5, 0.6) is 0 Å². The molecule has 0 amide bonds. The number of aromatic nitrogens is 2. The normalized spacial score (nSPS) is 20.6. The number of aliphatic carboxylic acids is 1. The smallest absolute Gasteiger partial charge is 0.326 e. The van der Waals surface area contributed by atoms with E-state index in [9.17, 15) is 22.8 Å². The number of hydrogen-bond donors (Lipinski definition) is 4. The number of sulfonamides is 1. The highest BCUT2D eigenvalue weighted by atomic mass is 32.2. The Hall–Kier alpha value is -2.46. The number of aromatic amines is 2. The zero-order valence-electron chi connectivity index (χ0n) is 14.5. The molecule has 2 aromatic rings. The fourth-order valence-corrected chi connectivity index (χ4v) is 4.96. The summed E-state index contributed by atoms with van der Waals surface area (Å²) in [6, 6.07) is 3.59. The number of carbonyl (C=O) groups is 1. The van der Waals surface area contributed by atoms with Crippen LogP contribution in [-0.2, 0) is 14.8 Å². The van der Waals surface area contributed by atoms with Crippen LogP contribution in [0, 0.1) is 5.92 Å². The molecule has 1 saturated carbocycles. The first-order valence-electron chi connectivity index (χ1n) is 8.77. The second kappa shape index (κ2) is 7.65. The summed E-state index contributed by atoms with van der Waals surface area (Å²) in [6.45, 7) is 0. The minimum absolute atomic E-state index is 0.00160. The second-order valence-corrected chi connectivity index (χ2v) is 8.53. The lowest BCUT2D eigenvalue weighted by Gasteiger charge is -2.31. The average Bonchev–Trinajstić information content (AvgIpc) is 2.60. The van der Waals surface area contributed by atoms with Crippen LogP contribution in [0.25, 0.3) is 10.9 Å². The molecule has 0 saturated heterocycles. The number of carboxylic acids is 1. The number of benzene rings is 1. The van der Waals surface area contributed by atoms with E-state index in [4.69, 9.17) is 5.11 Å². The van der Waals surface area contributed by atoms with Gasteiger partial charge in [-0.1, -0.05) is 12.8 Å². The van der Waals surface area contributed by atoms with Gasteiger partial charge in [-0.25, -0.2) is 17.9 Å². The molecule has 10 heteroatoms. The molecule has 1 aromatic carbocycles. The predicted molar refractivity (Wildman–Crippen MR) is 98.1 cm³/mol. The predicted octanol–water partition coefficient (Wildman–Crippen LogP) is 0.918. The molecule has 2 unspecified atom stereocenters. The summed E-state index contributed by atoms with van der Waals surface area (Å²) in [7, 11) is -3.89. The van der Waals surface area contributed by atoms with Gasteiger partial charge in [0.05, 0.1) is 15.8 Å². The van der Waals surface area contributed by atoms with Gasteiger partial charge in [0, 0.05) is 12.5 Å². The molecule has 0 bridgehead atoms. The van der Waals surface area contributed by atoms with Gasteiger partial charge in [0.15, 0.2) is 0 Å². The molecule has 0 aliphatic heterocycles. The van der Waals surface area contributed by atoms with E-state index >= 15 is 0 Å². The lowest BCUT2D eigenvalue weighted by atomic mass is 9.82. The van der Waals surface area contributed by atoms with Crippen LogP contribution in [0.2, 0.25) is 0 Å². The Morgan fingerprint density at radius 3 is 2.67 bits per heavy atom. The molecule has 2 atom stereocenters. The van der Waals surface area contributed by atoms with Gasteiger partial charge >= 0.3 is 11.7 Å². The monoisotopic (exact) mass is 395 g/mol. The summed E-state index contributed by atoms with van der Waals surface area (Å²) < 4.78 is 28.3. The molecular formula is C17H21N3O6S. The van der Waals surface area contributed by atoms with Crippen LogP contribution in [-0.4, -0.2) is 35.5 Å². The molecule has 9 nitrogen and oxygen atoms in total. The Bertz CT molecular complexity index is 1070. The Kier molecular flexibility index (Phi) is 5.47. The molecule has 3 rings (SSSR count). The van der Waals surface area contributed by atoms with E-state index in [1.54, 1.807) is 0 Å². The van der Waals surface area contributed by atoms with Crippen molar-refractivity contribution in [2.24, 2.45) is 5.92 Å². The minimum atomic E-state index is -3.89. The van der Waals surface area contributed by atoms with Gasteiger partial charge in [-0.05, 0) is 43.4 Å². The zero-order chi connectivity index (χ0) is 19.6. The third-order valence-electron chi connectivity index (χ3n) is 4.97. The first-order chi connectivity index (χ1) is 12.8. The van der Waals surface area contributed by atoms with Crippen molar-refractivity contribution in [1.29, 1.82) is 0 Å². The first kappa shape index (κ1) is 19.3. The van der Waals surface area contributed by atoms with E-state index in [1.165, 1.54) is 18.2 Å². The molecule has 1 fully saturated rings. The van der Waals surface area contributed by atoms with Crippen molar-refractivity contribution in [1.82, 2.24) is 14.7 Å². The Labute approximate surface area is 154 Å². The third-order valence-corrected chi connectivity index (χ3v) is 6.45. The van der Waals surface area contributed by atoms with Gasteiger partial charge in [0.1, 0.15) is 0 Å². The van der Waals surface area contributed by atoms with E-state index in [1.807, 2.05) is 0 Å². The summed E-state index contributed by atoms with van der Waals surface area (Å²) >= 11 is 0. The molecule has 4 N–H and O–H groups in total. The average molecular weight is 395 g/mol. The first-order valence-corrected chi connectivity index (χ1v) is 10.2. The number of fused-ring (bicyclic) bond motifs is 1. The SMILES string of the molecule is O=C(O)CCC1CCCCC1NS(=O)(=O)c1ccc2[nH]c(=O)[nH]c(=O)c2c1. The maximum absolute atomic E-state index is 12.8. The Morgan fingerprint density at radius 2 is 1.93 bits per heavy atom. The van der Waals surface area contributed by atoms with Crippen molar-refractivity contribution in [3.05, 3.63) is 39.0 Å². The lowest BCUT2D eigenvalue weighted by Crippen LogP contribution is -2.42. The number of rotatable bonds is 6. The zero-order valence-corrected chi connectivity index (χ0v) is 15.3. The molecule has 0 radical (unpaired) electrons. The highest BCUT2D eigenvalue weighted by molar-refractivity contribution is 7.89. The van der Waals surface area contributed by atoms with Gasteiger partial charge in [-0.15, -0.1) is 0 Å². The van der Waals surface area contributed by atoms with Crippen molar-refractivity contribution in [2.75, 3.05) is 0 Å². The summed E-state index contributed by atoms with van der Waals surface area (Å²) in [5.41, 5.74) is -1.08. The van der Waals surface area contributed by atoms with Crippen LogP contribution >= 0.6 is 0 Å². The molecule has 1 aliphatic carbocycles. The molecule has 0 spiro atoms. The van der Waals surface area contributed by atoms with E-state index in [-0.39, 0.29) is 34.2 Å². The second-order valence-electron chi connectivity index (χ2n) is 6.82. The summed E-state index contributed by atoms with van der Waals surface area (Å²) in [4.78, 5) is 38.5. The van der Waals surface area contributed by atoms with Gasteiger partial charge in [-0.2, -0.15) is 0 Å². The van der Waals surface area contributed by atoms with E-state index in [0.29, 0.717) is 12.8 Å². The summed E-state index contributed by atoms with van der Waals surface area (Å²) in [6.07, 6.45) is 3.66. The van der Waals surface area contributed by atoms with Gasteiger partial charge in [0.2, 0.25) is 10.0 Å². The van der Waals surface area contributed by atoms with Crippen LogP contribution < -0.4 is 16.0 Å². The largest absolute Gasteiger partial charge is 0.481 e. The highest BCUT2D eigenvalue weighted by Gasteiger charge is 2.30. The topological polar surface area (TPSA) is 149 Å². The van der Waals surface area contributed by atoms with Crippen molar-refractivity contribution in [3.63, 3.8) is 0 Å². The van der Waals surface area contributed by atoms with Crippen molar-refractivity contribution in [2.45, 2.75) is 49.5 Å². The molecule has 146 valence electrons. The fourth-order valence-electron chi connectivity index (χ4n) is 3.60. The van der Waals surface area contributed by atoms with Gasteiger partial charge < -0.3 is 10.1 Å². The van der Waals surface area contributed by atoms with Crippen LogP contribution in [0.1, 0.15) is 38.5 Å². The van der Waals surface area contributed by atoms with E-state index < -0.39 is 27.2 Å². The van der Waals surface area contributed by atoms with Crippen molar-refractivity contribution >= 4 is 26.9 Å². The summed E-state index contributed by atoms with van der Waals surface area (Å²) in [5, 5.41) is 8.96. The van der Waals surface area contributed by atoms with Crippen molar-refractivity contribution in [3.8, 4) is 0 Å². The molecular weight excluding hydrogens is 374 g/mol. The number of hydrogen-bond acceptors (Lipinski definition) is 5. The maximum Gasteiger partial charge on any atom is 0.326 e. The minimum Gasteiger partial charge on any atom is -0.481 e.